The molecular weight excluding hydrogens is 200 g/mol. The largest absolute Gasteiger partial charge is 0.384 e. The van der Waals surface area contributed by atoms with Crippen LogP contribution in [0.2, 0.25) is 0 Å². The molecule has 16 heavy (non-hydrogen) atoms. The van der Waals surface area contributed by atoms with Crippen LogP contribution in [-0.2, 0) is 9.47 Å². The van der Waals surface area contributed by atoms with Crippen molar-refractivity contribution >= 4 is 0 Å². The number of hydrogen-bond donors (Lipinski definition) is 0. The van der Waals surface area contributed by atoms with Gasteiger partial charge in [0.2, 0.25) is 0 Å². The molecule has 0 aromatic heterocycles. The predicted molar refractivity (Wildman–Crippen MR) is 65.4 cm³/mol. The highest BCUT2D eigenvalue weighted by Crippen LogP contribution is 2.55. The first-order valence-electron chi connectivity index (χ1n) is 6.39. The zero-order valence-corrected chi connectivity index (χ0v) is 10.6. The summed E-state index contributed by atoms with van der Waals surface area (Å²) in [4.78, 5) is 0. The summed E-state index contributed by atoms with van der Waals surface area (Å²) < 4.78 is 10.9. The van der Waals surface area contributed by atoms with Crippen LogP contribution in [0.15, 0.2) is 12.2 Å². The second-order valence-electron chi connectivity index (χ2n) is 5.56. The van der Waals surface area contributed by atoms with E-state index in [-0.39, 0.29) is 5.41 Å². The first-order valence-corrected chi connectivity index (χ1v) is 6.39. The van der Waals surface area contributed by atoms with E-state index in [1.165, 1.54) is 31.3 Å². The van der Waals surface area contributed by atoms with Crippen LogP contribution in [-0.4, -0.2) is 27.4 Å². The molecule has 0 saturated heterocycles. The van der Waals surface area contributed by atoms with Gasteiger partial charge in [0.1, 0.15) is 0 Å². The number of methoxy groups -OCH3 is 2. The van der Waals surface area contributed by atoms with Crippen molar-refractivity contribution in [2.45, 2.75) is 32.1 Å². The fraction of sp³-hybridized carbons (Fsp3) is 0.857. The van der Waals surface area contributed by atoms with Crippen molar-refractivity contribution < 1.29 is 9.47 Å². The van der Waals surface area contributed by atoms with Gasteiger partial charge in [0, 0.05) is 19.6 Å². The van der Waals surface area contributed by atoms with Gasteiger partial charge in [0.25, 0.3) is 0 Å². The van der Waals surface area contributed by atoms with Crippen LogP contribution < -0.4 is 0 Å². The summed E-state index contributed by atoms with van der Waals surface area (Å²) in [5.74, 6) is 1.48. The van der Waals surface area contributed by atoms with Gasteiger partial charge in [0.05, 0.1) is 13.2 Å². The van der Waals surface area contributed by atoms with Gasteiger partial charge in [-0.3, -0.25) is 0 Å². The first-order chi connectivity index (χ1) is 7.73. The van der Waals surface area contributed by atoms with Gasteiger partial charge in [-0.2, -0.15) is 0 Å². The Labute approximate surface area is 99.0 Å². The van der Waals surface area contributed by atoms with Gasteiger partial charge in [-0.1, -0.05) is 25.0 Å². The molecule has 0 N–H and O–H groups in total. The van der Waals surface area contributed by atoms with Gasteiger partial charge < -0.3 is 9.47 Å². The number of hydrogen-bond acceptors (Lipinski definition) is 2. The highest BCUT2D eigenvalue weighted by molar-refractivity contribution is 5.18. The predicted octanol–water partition coefficient (Wildman–Crippen LogP) is 3.03. The van der Waals surface area contributed by atoms with Crippen LogP contribution in [0.25, 0.3) is 0 Å². The molecule has 2 fully saturated rings. The van der Waals surface area contributed by atoms with Crippen LogP contribution in [0.1, 0.15) is 32.1 Å². The molecule has 0 spiro atoms. The Balaban J connectivity index is 2.20. The molecule has 0 bridgehead atoms. The Kier molecular flexibility index (Phi) is 3.70. The number of ether oxygens (including phenoxy) is 2. The van der Waals surface area contributed by atoms with Crippen molar-refractivity contribution in [3.05, 3.63) is 12.2 Å². The molecule has 2 saturated carbocycles. The van der Waals surface area contributed by atoms with E-state index >= 15 is 0 Å². The van der Waals surface area contributed by atoms with Crippen molar-refractivity contribution in [1.29, 1.82) is 0 Å². The van der Waals surface area contributed by atoms with Gasteiger partial charge in [-0.05, 0) is 31.1 Å². The average Bonchev–Trinajstić information content (AvgIpc) is 2.55. The Morgan fingerprint density at radius 1 is 1.19 bits per heavy atom. The number of allylic oxidation sites excluding steroid dienone is 1. The molecule has 2 aliphatic rings. The molecule has 0 radical (unpaired) electrons. The quantitative estimate of drug-likeness (QED) is 0.683. The van der Waals surface area contributed by atoms with E-state index in [2.05, 4.69) is 6.58 Å². The van der Waals surface area contributed by atoms with Crippen molar-refractivity contribution in [2.75, 3.05) is 27.4 Å². The summed E-state index contributed by atoms with van der Waals surface area (Å²) in [5.41, 5.74) is 1.66. The topological polar surface area (TPSA) is 18.5 Å². The average molecular weight is 224 g/mol. The maximum Gasteiger partial charge on any atom is 0.0546 e. The van der Waals surface area contributed by atoms with Crippen molar-refractivity contribution in [2.24, 2.45) is 17.3 Å². The normalized spacial score (nSPS) is 32.8. The lowest BCUT2D eigenvalue weighted by Gasteiger charge is -2.38. The molecule has 0 aromatic carbocycles. The summed E-state index contributed by atoms with van der Waals surface area (Å²) in [6, 6.07) is 0. The van der Waals surface area contributed by atoms with Crippen LogP contribution in [0.4, 0.5) is 0 Å². The monoisotopic (exact) mass is 224 g/mol. The molecule has 2 heteroatoms. The van der Waals surface area contributed by atoms with Gasteiger partial charge in [-0.15, -0.1) is 0 Å². The molecule has 0 heterocycles. The minimum Gasteiger partial charge on any atom is -0.384 e. The minimum absolute atomic E-state index is 0.214. The Morgan fingerprint density at radius 2 is 1.81 bits per heavy atom. The molecule has 92 valence electrons. The lowest BCUT2D eigenvalue weighted by Crippen LogP contribution is -2.38. The smallest absolute Gasteiger partial charge is 0.0546 e. The Bertz CT molecular complexity index is 253. The lowest BCUT2D eigenvalue weighted by molar-refractivity contribution is -0.0299. The van der Waals surface area contributed by atoms with Crippen molar-refractivity contribution in [1.82, 2.24) is 0 Å². The summed E-state index contributed by atoms with van der Waals surface area (Å²) >= 11 is 0. The first kappa shape index (κ1) is 12.1. The summed E-state index contributed by atoms with van der Waals surface area (Å²) in [7, 11) is 3.60. The fourth-order valence-electron chi connectivity index (χ4n) is 4.00. The minimum atomic E-state index is 0.214. The van der Waals surface area contributed by atoms with E-state index in [4.69, 9.17) is 9.47 Å². The maximum atomic E-state index is 5.46. The van der Waals surface area contributed by atoms with Gasteiger partial charge >= 0.3 is 0 Å². The van der Waals surface area contributed by atoms with Crippen LogP contribution in [0, 0.1) is 17.3 Å². The highest BCUT2D eigenvalue weighted by Gasteiger charge is 2.50. The number of rotatable bonds is 4. The van der Waals surface area contributed by atoms with E-state index in [1.807, 2.05) is 0 Å². The van der Waals surface area contributed by atoms with Crippen LogP contribution in [0.3, 0.4) is 0 Å². The van der Waals surface area contributed by atoms with Crippen LogP contribution >= 0.6 is 0 Å². The molecule has 2 rings (SSSR count). The third kappa shape index (κ3) is 1.93. The third-order valence-corrected chi connectivity index (χ3v) is 4.52. The van der Waals surface area contributed by atoms with Gasteiger partial charge in [-0.25, -0.2) is 0 Å². The second kappa shape index (κ2) is 4.89. The molecule has 2 atom stereocenters. The van der Waals surface area contributed by atoms with Crippen molar-refractivity contribution in [3.8, 4) is 0 Å². The van der Waals surface area contributed by atoms with E-state index in [0.717, 1.165) is 31.5 Å². The molecule has 0 amide bonds. The van der Waals surface area contributed by atoms with E-state index < -0.39 is 0 Å². The zero-order chi connectivity index (χ0) is 11.6. The molecule has 0 aromatic rings. The molecule has 2 nitrogen and oxygen atoms in total. The Morgan fingerprint density at radius 3 is 2.44 bits per heavy atom. The molecular formula is C14H24O2. The Hall–Kier alpha value is -0.340. The number of fused-ring (bicyclic) bond motifs is 1. The molecule has 2 aliphatic carbocycles. The zero-order valence-electron chi connectivity index (χ0n) is 10.6. The van der Waals surface area contributed by atoms with Crippen molar-refractivity contribution in [3.63, 3.8) is 0 Å². The standard InChI is InChI=1S/C14H24O2/c1-11-8-14(9-15-2,10-16-3)13-7-5-4-6-12(11)13/h12-13H,1,4-10H2,2-3H3/t12-,13-/m1/s1. The lowest BCUT2D eigenvalue weighted by atomic mass is 9.70. The summed E-state index contributed by atoms with van der Waals surface area (Å²) in [5, 5.41) is 0. The second-order valence-corrected chi connectivity index (χ2v) is 5.56. The third-order valence-electron chi connectivity index (χ3n) is 4.52. The molecule has 0 unspecified atom stereocenters. The van der Waals surface area contributed by atoms with E-state index in [9.17, 15) is 0 Å². The fourth-order valence-corrected chi connectivity index (χ4v) is 4.00. The summed E-state index contributed by atoms with van der Waals surface area (Å²) in [6.45, 7) is 5.93. The maximum absolute atomic E-state index is 5.46. The SMILES string of the molecule is C=C1CC(COC)(COC)[C@@H]2CCCC[C@H]12. The highest BCUT2D eigenvalue weighted by atomic mass is 16.5. The van der Waals surface area contributed by atoms with E-state index in [1.54, 1.807) is 14.2 Å². The van der Waals surface area contributed by atoms with Gasteiger partial charge in [0.15, 0.2) is 0 Å². The molecule has 0 aliphatic heterocycles. The van der Waals surface area contributed by atoms with E-state index in [0.29, 0.717) is 0 Å². The van der Waals surface area contributed by atoms with Crippen LogP contribution in [0.5, 0.6) is 0 Å². The summed E-state index contributed by atoms with van der Waals surface area (Å²) in [6.07, 6.45) is 6.50.